The molecule has 0 aliphatic carbocycles. The highest BCUT2D eigenvalue weighted by Crippen LogP contribution is 2.27. The van der Waals surface area contributed by atoms with E-state index in [2.05, 4.69) is 5.32 Å². The number of likely N-dealkylation sites (N-methyl/N-ethyl adjacent to an activating group) is 1. The van der Waals surface area contributed by atoms with Crippen molar-refractivity contribution in [2.24, 2.45) is 0 Å². The summed E-state index contributed by atoms with van der Waals surface area (Å²) in [6, 6.07) is 1.64. The molecule has 1 fully saturated rings. The Morgan fingerprint density at radius 1 is 1.61 bits per heavy atom. The van der Waals surface area contributed by atoms with Crippen LogP contribution < -0.4 is 5.32 Å². The average Bonchev–Trinajstić information content (AvgIpc) is 2.99. The van der Waals surface area contributed by atoms with Crippen LogP contribution in [-0.4, -0.2) is 46.1 Å². The average molecular weight is 290 g/mol. The van der Waals surface area contributed by atoms with Crippen LogP contribution in [0.2, 0.25) is 0 Å². The fourth-order valence-electron chi connectivity index (χ4n) is 2.01. The van der Waals surface area contributed by atoms with Crippen LogP contribution in [0.4, 0.5) is 0 Å². The van der Waals surface area contributed by atoms with Gasteiger partial charge in [0.1, 0.15) is 0 Å². The van der Waals surface area contributed by atoms with Crippen molar-refractivity contribution < 1.29 is 13.2 Å². The van der Waals surface area contributed by atoms with E-state index >= 15 is 0 Å². The maximum atomic E-state index is 12.5. The molecule has 5 nitrogen and oxygen atoms in total. The number of rotatable bonds is 5. The summed E-state index contributed by atoms with van der Waals surface area (Å²) in [4.78, 5) is 1.26. The van der Waals surface area contributed by atoms with Crippen LogP contribution in [0, 0.1) is 0 Å². The van der Waals surface area contributed by atoms with Crippen LogP contribution >= 0.6 is 11.3 Å². The number of nitrogens with one attached hydrogen (secondary N) is 1. The normalized spacial score (nSPS) is 20.7. The minimum atomic E-state index is -3.41. The molecule has 102 valence electrons. The standard InChI is InChI=1S/C11H18N2O3S2/c1-12-7-10-11(4-6-17-10)18(14,15)13(2)9-3-5-16-8-9/h4,6,9,12H,3,5,7-8H2,1-2H3. The summed E-state index contributed by atoms with van der Waals surface area (Å²) in [5.41, 5.74) is 0. The first-order chi connectivity index (χ1) is 8.57. The third-order valence-electron chi connectivity index (χ3n) is 3.12. The third kappa shape index (κ3) is 2.60. The van der Waals surface area contributed by atoms with E-state index in [1.807, 2.05) is 12.4 Å². The van der Waals surface area contributed by atoms with Gasteiger partial charge in [-0.2, -0.15) is 4.31 Å². The molecular formula is C11H18N2O3S2. The molecule has 18 heavy (non-hydrogen) atoms. The zero-order valence-electron chi connectivity index (χ0n) is 10.5. The molecule has 0 radical (unpaired) electrons. The fourth-order valence-corrected chi connectivity index (χ4v) is 4.80. The molecule has 1 saturated heterocycles. The van der Waals surface area contributed by atoms with E-state index in [1.165, 1.54) is 15.6 Å². The number of hydrogen-bond donors (Lipinski definition) is 1. The van der Waals surface area contributed by atoms with E-state index in [-0.39, 0.29) is 6.04 Å². The molecule has 1 aromatic heterocycles. The smallest absolute Gasteiger partial charge is 0.244 e. The van der Waals surface area contributed by atoms with E-state index < -0.39 is 10.0 Å². The number of ether oxygens (including phenoxy) is 1. The van der Waals surface area contributed by atoms with Gasteiger partial charge >= 0.3 is 0 Å². The molecule has 2 rings (SSSR count). The molecule has 1 unspecified atom stereocenters. The minimum Gasteiger partial charge on any atom is -0.380 e. The quantitative estimate of drug-likeness (QED) is 0.874. The monoisotopic (exact) mass is 290 g/mol. The van der Waals surface area contributed by atoms with Crippen molar-refractivity contribution in [3.8, 4) is 0 Å². The van der Waals surface area contributed by atoms with Gasteiger partial charge in [-0.05, 0) is 24.9 Å². The topological polar surface area (TPSA) is 58.6 Å². The van der Waals surface area contributed by atoms with Crippen molar-refractivity contribution >= 4 is 21.4 Å². The summed E-state index contributed by atoms with van der Waals surface area (Å²) >= 11 is 1.46. The molecule has 0 aromatic carbocycles. The zero-order chi connectivity index (χ0) is 13.2. The molecule has 0 bridgehead atoms. The van der Waals surface area contributed by atoms with Crippen LogP contribution in [0.5, 0.6) is 0 Å². The lowest BCUT2D eigenvalue weighted by Crippen LogP contribution is -2.37. The van der Waals surface area contributed by atoms with Gasteiger partial charge in [0.15, 0.2) is 0 Å². The van der Waals surface area contributed by atoms with Crippen LogP contribution in [0.3, 0.4) is 0 Å². The van der Waals surface area contributed by atoms with Crippen LogP contribution in [0.25, 0.3) is 0 Å². The number of thiophene rings is 1. The Bertz CT molecular complexity index is 492. The highest BCUT2D eigenvalue weighted by atomic mass is 32.2. The molecular weight excluding hydrogens is 272 g/mol. The highest BCUT2D eigenvalue weighted by molar-refractivity contribution is 7.89. The summed E-state index contributed by atoms with van der Waals surface area (Å²) in [5.74, 6) is 0. The Morgan fingerprint density at radius 3 is 3.00 bits per heavy atom. The Kier molecular flexibility index (Phi) is 4.39. The molecule has 1 atom stereocenters. The fraction of sp³-hybridized carbons (Fsp3) is 0.636. The summed E-state index contributed by atoms with van der Waals surface area (Å²) in [6.07, 6.45) is 0.765. The molecule has 1 aliphatic rings. The predicted molar refractivity (Wildman–Crippen MR) is 71.3 cm³/mol. The summed E-state index contributed by atoms with van der Waals surface area (Å²) < 4.78 is 31.7. The second-order valence-corrected chi connectivity index (χ2v) is 7.24. The first-order valence-corrected chi connectivity index (χ1v) is 8.16. The van der Waals surface area contributed by atoms with Gasteiger partial charge in [0.25, 0.3) is 0 Å². The summed E-state index contributed by atoms with van der Waals surface area (Å²) in [7, 11) is 0.0364. The van der Waals surface area contributed by atoms with Gasteiger partial charge in [-0.15, -0.1) is 11.3 Å². The van der Waals surface area contributed by atoms with Crippen molar-refractivity contribution in [1.82, 2.24) is 9.62 Å². The first kappa shape index (κ1) is 14.0. The van der Waals surface area contributed by atoms with Gasteiger partial charge in [0.05, 0.1) is 17.5 Å². The third-order valence-corrected chi connectivity index (χ3v) is 6.16. The van der Waals surface area contributed by atoms with E-state index in [0.717, 1.165) is 11.3 Å². The maximum absolute atomic E-state index is 12.5. The van der Waals surface area contributed by atoms with Crippen molar-refractivity contribution in [3.63, 3.8) is 0 Å². The Labute approximate surface area is 112 Å². The van der Waals surface area contributed by atoms with E-state index in [1.54, 1.807) is 13.1 Å². The van der Waals surface area contributed by atoms with Gasteiger partial charge in [-0.25, -0.2) is 8.42 Å². The Morgan fingerprint density at radius 2 is 2.39 bits per heavy atom. The van der Waals surface area contributed by atoms with Crippen LogP contribution in [0.15, 0.2) is 16.3 Å². The molecule has 0 amide bonds. The van der Waals surface area contributed by atoms with Crippen LogP contribution in [0.1, 0.15) is 11.3 Å². The molecule has 0 spiro atoms. The van der Waals surface area contributed by atoms with Gasteiger partial charge in [0, 0.05) is 25.1 Å². The van der Waals surface area contributed by atoms with Crippen molar-refractivity contribution in [2.75, 3.05) is 27.3 Å². The molecule has 1 aromatic rings. The summed E-state index contributed by atoms with van der Waals surface area (Å²) in [6.45, 7) is 1.69. The largest absolute Gasteiger partial charge is 0.380 e. The lowest BCUT2D eigenvalue weighted by Gasteiger charge is -2.22. The minimum absolute atomic E-state index is 0.0441. The van der Waals surface area contributed by atoms with Gasteiger partial charge in [0.2, 0.25) is 10.0 Å². The lowest BCUT2D eigenvalue weighted by molar-refractivity contribution is 0.181. The number of sulfonamides is 1. The molecule has 1 N–H and O–H groups in total. The number of nitrogens with zero attached hydrogens (tertiary/aromatic N) is 1. The molecule has 2 heterocycles. The molecule has 7 heteroatoms. The Balaban J connectivity index is 2.26. The van der Waals surface area contributed by atoms with Crippen LogP contribution in [-0.2, 0) is 21.3 Å². The molecule has 1 aliphatic heterocycles. The van der Waals surface area contributed by atoms with Crippen molar-refractivity contribution in [1.29, 1.82) is 0 Å². The van der Waals surface area contributed by atoms with Crippen molar-refractivity contribution in [2.45, 2.75) is 23.9 Å². The van der Waals surface area contributed by atoms with E-state index in [4.69, 9.17) is 4.74 Å². The zero-order valence-corrected chi connectivity index (χ0v) is 12.2. The SMILES string of the molecule is CNCc1sccc1S(=O)(=O)N(C)C1CCOC1. The van der Waals surface area contributed by atoms with Gasteiger partial charge in [-0.3, -0.25) is 0 Å². The predicted octanol–water partition coefficient (Wildman–Crippen LogP) is 0.877. The van der Waals surface area contributed by atoms with E-state index in [9.17, 15) is 8.42 Å². The second-order valence-electron chi connectivity index (χ2n) is 4.28. The Hall–Kier alpha value is -0.470. The number of hydrogen-bond acceptors (Lipinski definition) is 5. The lowest BCUT2D eigenvalue weighted by atomic mass is 10.3. The van der Waals surface area contributed by atoms with Gasteiger partial charge < -0.3 is 10.1 Å². The molecule has 0 saturated carbocycles. The second kappa shape index (κ2) is 5.66. The van der Waals surface area contributed by atoms with Crippen molar-refractivity contribution in [3.05, 3.63) is 16.3 Å². The first-order valence-electron chi connectivity index (χ1n) is 5.84. The highest BCUT2D eigenvalue weighted by Gasteiger charge is 2.32. The summed E-state index contributed by atoms with van der Waals surface area (Å²) in [5, 5.41) is 4.81. The van der Waals surface area contributed by atoms with Gasteiger partial charge in [-0.1, -0.05) is 0 Å². The maximum Gasteiger partial charge on any atom is 0.244 e. The van der Waals surface area contributed by atoms with E-state index in [0.29, 0.717) is 24.7 Å².